The van der Waals surface area contributed by atoms with Crippen LogP contribution >= 0.6 is 11.3 Å². The summed E-state index contributed by atoms with van der Waals surface area (Å²) in [6.07, 6.45) is 2.81. The Bertz CT molecular complexity index is 659. The van der Waals surface area contributed by atoms with E-state index in [1.807, 2.05) is 5.38 Å². The van der Waals surface area contributed by atoms with Gasteiger partial charge in [0.1, 0.15) is 9.84 Å². The van der Waals surface area contributed by atoms with Gasteiger partial charge in [-0.25, -0.2) is 8.42 Å². The van der Waals surface area contributed by atoms with Crippen molar-refractivity contribution in [3.63, 3.8) is 0 Å². The zero-order chi connectivity index (χ0) is 13.9. The number of carbonyl (C=O) groups is 1. The van der Waals surface area contributed by atoms with Crippen LogP contribution in [0.3, 0.4) is 0 Å². The lowest BCUT2D eigenvalue weighted by molar-refractivity contribution is 0.103. The quantitative estimate of drug-likeness (QED) is 0.900. The zero-order valence-electron chi connectivity index (χ0n) is 10.2. The first-order valence-electron chi connectivity index (χ1n) is 5.50. The van der Waals surface area contributed by atoms with Crippen molar-refractivity contribution in [2.24, 2.45) is 0 Å². The van der Waals surface area contributed by atoms with Crippen molar-refractivity contribution in [3.05, 3.63) is 34.7 Å². The minimum absolute atomic E-state index is 0.0208. The van der Waals surface area contributed by atoms with Crippen molar-refractivity contribution in [3.8, 4) is 0 Å². The molecule has 0 radical (unpaired) electrons. The van der Waals surface area contributed by atoms with E-state index in [9.17, 15) is 13.2 Å². The highest BCUT2D eigenvalue weighted by Crippen LogP contribution is 2.11. The predicted molar refractivity (Wildman–Crippen MR) is 74.2 cm³/mol. The normalized spacial score (nSPS) is 11.4. The molecule has 2 aromatic rings. The third kappa shape index (κ3) is 4.18. The lowest BCUT2D eigenvalue weighted by Crippen LogP contribution is -2.13. The number of nitrogens with one attached hydrogen (secondary N) is 1. The molecule has 2 rings (SSSR count). The van der Waals surface area contributed by atoms with Crippen molar-refractivity contribution in [2.45, 2.75) is 6.54 Å². The highest BCUT2D eigenvalue weighted by Gasteiger charge is 2.09. The largest absolute Gasteiger partial charge is 0.304 e. The van der Waals surface area contributed by atoms with Gasteiger partial charge in [0.05, 0.1) is 17.2 Å². The number of nitrogens with zero attached hydrogens (tertiary/aromatic N) is 2. The van der Waals surface area contributed by atoms with Crippen LogP contribution in [0.5, 0.6) is 0 Å². The summed E-state index contributed by atoms with van der Waals surface area (Å²) in [4.78, 5) is 12.4. The first-order valence-corrected chi connectivity index (χ1v) is 8.44. The number of aryl methyl sites for hydroxylation is 1. The molecule has 0 atom stereocenters. The van der Waals surface area contributed by atoms with Gasteiger partial charge < -0.3 is 5.32 Å². The number of aromatic nitrogens is 2. The Morgan fingerprint density at radius 1 is 1.47 bits per heavy atom. The van der Waals surface area contributed by atoms with Crippen molar-refractivity contribution < 1.29 is 13.2 Å². The summed E-state index contributed by atoms with van der Waals surface area (Å²) in [6.45, 7) is 0.272. The van der Waals surface area contributed by atoms with Crippen LogP contribution in [0.4, 0.5) is 5.82 Å². The number of rotatable bonds is 5. The van der Waals surface area contributed by atoms with E-state index in [-0.39, 0.29) is 18.2 Å². The Labute approximate surface area is 115 Å². The lowest BCUT2D eigenvalue weighted by Gasteiger charge is -2.00. The van der Waals surface area contributed by atoms with Gasteiger partial charge in [0.2, 0.25) is 0 Å². The smallest absolute Gasteiger partial charge is 0.266 e. The van der Waals surface area contributed by atoms with Crippen LogP contribution in [0.15, 0.2) is 29.8 Å². The topological polar surface area (TPSA) is 81.1 Å². The first kappa shape index (κ1) is 13.8. The van der Waals surface area contributed by atoms with Crippen molar-refractivity contribution in [1.82, 2.24) is 9.78 Å². The molecular formula is C11H13N3O3S2. The maximum absolute atomic E-state index is 11.8. The van der Waals surface area contributed by atoms with E-state index in [1.54, 1.807) is 24.4 Å². The van der Waals surface area contributed by atoms with Crippen LogP contribution in [0.2, 0.25) is 0 Å². The van der Waals surface area contributed by atoms with Crippen molar-refractivity contribution in [1.29, 1.82) is 0 Å². The van der Waals surface area contributed by atoms with Gasteiger partial charge in [-0.05, 0) is 11.4 Å². The monoisotopic (exact) mass is 299 g/mol. The van der Waals surface area contributed by atoms with Gasteiger partial charge in [0, 0.05) is 18.5 Å². The number of hydrogen-bond acceptors (Lipinski definition) is 5. The average Bonchev–Trinajstić information content (AvgIpc) is 2.96. The number of hydrogen-bond donors (Lipinski definition) is 1. The molecule has 0 aliphatic carbocycles. The molecular weight excluding hydrogens is 286 g/mol. The van der Waals surface area contributed by atoms with Crippen LogP contribution in [0, 0.1) is 0 Å². The van der Waals surface area contributed by atoms with E-state index < -0.39 is 9.84 Å². The molecule has 0 saturated carbocycles. The van der Waals surface area contributed by atoms with E-state index in [4.69, 9.17) is 0 Å². The predicted octanol–water partition coefficient (Wildman–Crippen LogP) is 1.24. The third-order valence-corrected chi connectivity index (χ3v) is 4.11. The Kier molecular flexibility index (Phi) is 4.01. The number of thiophene rings is 1. The molecule has 0 saturated heterocycles. The van der Waals surface area contributed by atoms with Gasteiger partial charge >= 0.3 is 0 Å². The number of amides is 1. The standard InChI is InChI=1S/C11H13N3O3S2/c1-19(16,17)8-6-14-5-4-10(13-14)12-11(15)9-3-2-7-18-9/h2-5,7H,6,8H2,1H3,(H,12,13,15). The molecule has 1 N–H and O–H groups in total. The first-order chi connectivity index (χ1) is 8.94. The molecule has 8 heteroatoms. The third-order valence-electron chi connectivity index (χ3n) is 2.32. The lowest BCUT2D eigenvalue weighted by atomic mass is 10.4. The second-order valence-electron chi connectivity index (χ2n) is 4.03. The van der Waals surface area contributed by atoms with Crippen molar-refractivity contribution in [2.75, 3.05) is 17.3 Å². The molecule has 0 unspecified atom stereocenters. The minimum atomic E-state index is -3.02. The van der Waals surface area contributed by atoms with Gasteiger partial charge in [-0.3, -0.25) is 9.48 Å². The second-order valence-corrected chi connectivity index (χ2v) is 7.23. The second kappa shape index (κ2) is 5.54. The van der Waals surface area contributed by atoms with E-state index in [1.165, 1.54) is 22.3 Å². The van der Waals surface area contributed by atoms with Gasteiger partial charge in [0.15, 0.2) is 5.82 Å². The van der Waals surface area contributed by atoms with Crippen LogP contribution in [-0.2, 0) is 16.4 Å². The summed E-state index contributed by atoms with van der Waals surface area (Å²) >= 11 is 1.34. The van der Waals surface area contributed by atoms with E-state index >= 15 is 0 Å². The fourth-order valence-electron chi connectivity index (χ4n) is 1.40. The highest BCUT2D eigenvalue weighted by molar-refractivity contribution is 7.90. The molecule has 0 aromatic carbocycles. The number of carbonyl (C=O) groups excluding carboxylic acids is 1. The fraction of sp³-hybridized carbons (Fsp3) is 0.273. The average molecular weight is 299 g/mol. The maximum atomic E-state index is 11.8. The van der Waals surface area contributed by atoms with Crippen LogP contribution in [0.1, 0.15) is 9.67 Å². The van der Waals surface area contributed by atoms with Crippen LogP contribution < -0.4 is 5.32 Å². The summed E-state index contributed by atoms with van der Waals surface area (Å²) < 4.78 is 23.6. The molecule has 1 amide bonds. The molecule has 6 nitrogen and oxygen atoms in total. The summed E-state index contributed by atoms with van der Waals surface area (Å²) in [5.41, 5.74) is 0. The van der Waals surface area contributed by atoms with Gasteiger partial charge in [0.25, 0.3) is 5.91 Å². The molecule has 19 heavy (non-hydrogen) atoms. The molecule has 102 valence electrons. The zero-order valence-corrected chi connectivity index (χ0v) is 11.9. The minimum Gasteiger partial charge on any atom is -0.304 e. The number of sulfone groups is 1. The summed E-state index contributed by atoms with van der Waals surface area (Å²) in [5, 5.41) is 8.56. The maximum Gasteiger partial charge on any atom is 0.266 e. The van der Waals surface area contributed by atoms with Gasteiger partial charge in [-0.15, -0.1) is 11.3 Å². The van der Waals surface area contributed by atoms with E-state index in [0.717, 1.165) is 0 Å². The number of anilines is 1. The fourth-order valence-corrected chi connectivity index (χ4v) is 2.54. The molecule has 0 aliphatic heterocycles. The van der Waals surface area contributed by atoms with E-state index in [2.05, 4.69) is 10.4 Å². The highest BCUT2D eigenvalue weighted by atomic mass is 32.2. The molecule has 0 aliphatic rings. The summed E-state index contributed by atoms with van der Waals surface area (Å²) in [7, 11) is -3.02. The molecule has 0 bridgehead atoms. The van der Waals surface area contributed by atoms with Gasteiger partial charge in [-0.1, -0.05) is 6.07 Å². The SMILES string of the molecule is CS(=O)(=O)CCn1ccc(NC(=O)c2cccs2)n1. The van der Waals surface area contributed by atoms with E-state index in [0.29, 0.717) is 10.7 Å². The Morgan fingerprint density at radius 3 is 2.89 bits per heavy atom. The Balaban J connectivity index is 1.96. The van der Waals surface area contributed by atoms with Crippen LogP contribution in [-0.4, -0.2) is 36.1 Å². The Morgan fingerprint density at radius 2 is 2.26 bits per heavy atom. The van der Waals surface area contributed by atoms with Gasteiger partial charge in [-0.2, -0.15) is 5.10 Å². The molecule has 0 spiro atoms. The summed E-state index contributed by atoms with van der Waals surface area (Å²) in [6, 6.07) is 5.15. The van der Waals surface area contributed by atoms with Crippen molar-refractivity contribution >= 4 is 32.9 Å². The molecule has 0 fully saturated rings. The molecule has 2 heterocycles. The Hall–Kier alpha value is -1.67. The summed E-state index contributed by atoms with van der Waals surface area (Å²) in [5.74, 6) is 0.211. The van der Waals surface area contributed by atoms with Crippen LogP contribution in [0.25, 0.3) is 0 Å². The molecule has 2 aromatic heterocycles.